The quantitative estimate of drug-likeness (QED) is 0.554. The predicted molar refractivity (Wildman–Crippen MR) is 131 cm³/mol. The van der Waals surface area contributed by atoms with E-state index >= 15 is 0 Å². The van der Waals surface area contributed by atoms with Gasteiger partial charge < -0.3 is 15.3 Å². The second-order valence-corrected chi connectivity index (χ2v) is 9.24. The summed E-state index contributed by atoms with van der Waals surface area (Å²) < 4.78 is 0. The summed E-state index contributed by atoms with van der Waals surface area (Å²) in [4.78, 5) is 38.8. The van der Waals surface area contributed by atoms with Crippen molar-refractivity contribution in [3.8, 4) is 0 Å². The van der Waals surface area contributed by atoms with Gasteiger partial charge in [-0.05, 0) is 58.9 Å². The lowest BCUT2D eigenvalue weighted by molar-refractivity contribution is -0.136. The SMILES string of the molecule is O=C(O)CCNC(=O)c1ccc2c3c(ccc2c1)N(Cc1ccccc1)C(=O)[C@@H]1CCCC[C@H]31. The number of hydrogen-bond donors (Lipinski definition) is 2. The number of anilines is 1. The van der Waals surface area contributed by atoms with Crippen LogP contribution >= 0.6 is 0 Å². The highest BCUT2D eigenvalue weighted by Crippen LogP contribution is 2.49. The van der Waals surface area contributed by atoms with E-state index in [9.17, 15) is 14.4 Å². The van der Waals surface area contributed by atoms with Gasteiger partial charge in [0.05, 0.1) is 13.0 Å². The van der Waals surface area contributed by atoms with Crippen molar-refractivity contribution in [2.24, 2.45) is 5.92 Å². The summed E-state index contributed by atoms with van der Waals surface area (Å²) in [6.07, 6.45) is 3.99. The standard InChI is InChI=1S/C28H28N2O4/c31-25(32)14-15-29-27(33)20-10-12-21-19(16-20)11-13-24-26(21)22-8-4-5-9-23(22)28(34)30(24)17-18-6-2-1-3-7-18/h1-3,6-7,10-13,16,22-23H,4-5,8-9,14-15,17H2,(H,29,33)(H,31,32)/t22-,23+/m0/s1. The van der Waals surface area contributed by atoms with E-state index in [-0.39, 0.29) is 36.6 Å². The Labute approximate surface area is 198 Å². The molecule has 174 valence electrons. The minimum atomic E-state index is -0.943. The van der Waals surface area contributed by atoms with Crippen LogP contribution in [0.5, 0.6) is 0 Å². The van der Waals surface area contributed by atoms with Gasteiger partial charge in [-0.1, -0.05) is 55.3 Å². The van der Waals surface area contributed by atoms with Crippen LogP contribution in [0.3, 0.4) is 0 Å². The lowest BCUT2D eigenvalue weighted by Gasteiger charge is -2.42. The normalized spacial score (nSPS) is 19.4. The van der Waals surface area contributed by atoms with Crippen LogP contribution < -0.4 is 10.2 Å². The molecule has 2 atom stereocenters. The number of hydrogen-bond acceptors (Lipinski definition) is 3. The highest BCUT2D eigenvalue weighted by atomic mass is 16.4. The molecule has 2 amide bonds. The van der Waals surface area contributed by atoms with Gasteiger partial charge in [-0.15, -0.1) is 0 Å². The third kappa shape index (κ3) is 4.16. The van der Waals surface area contributed by atoms with E-state index < -0.39 is 5.97 Å². The third-order valence-electron chi connectivity index (χ3n) is 7.12. The zero-order chi connectivity index (χ0) is 23.7. The summed E-state index contributed by atoms with van der Waals surface area (Å²) in [6.45, 7) is 0.641. The topological polar surface area (TPSA) is 86.7 Å². The monoisotopic (exact) mass is 456 g/mol. The summed E-state index contributed by atoms with van der Waals surface area (Å²) in [5.74, 6) is -0.814. The highest BCUT2D eigenvalue weighted by molar-refractivity contribution is 6.05. The molecule has 1 aliphatic heterocycles. The molecular formula is C28H28N2O4. The molecule has 6 heteroatoms. The lowest BCUT2D eigenvalue weighted by Crippen LogP contribution is -2.44. The van der Waals surface area contributed by atoms with Gasteiger partial charge in [0.25, 0.3) is 5.91 Å². The largest absolute Gasteiger partial charge is 0.481 e. The Balaban J connectivity index is 1.54. The number of carboxylic acid groups (broad SMARTS) is 1. The summed E-state index contributed by atoms with van der Waals surface area (Å²) in [6, 6.07) is 19.7. The maximum Gasteiger partial charge on any atom is 0.305 e. The second-order valence-electron chi connectivity index (χ2n) is 9.24. The molecule has 2 N–H and O–H groups in total. The van der Waals surface area contributed by atoms with Crippen LogP contribution in [0.25, 0.3) is 10.8 Å². The molecule has 0 bridgehead atoms. The highest BCUT2D eigenvalue weighted by Gasteiger charge is 2.42. The van der Waals surface area contributed by atoms with Crippen LogP contribution in [-0.4, -0.2) is 29.4 Å². The van der Waals surface area contributed by atoms with Gasteiger partial charge in [-0.3, -0.25) is 14.4 Å². The van der Waals surface area contributed by atoms with Crippen LogP contribution in [0.1, 0.15) is 59.5 Å². The number of nitrogens with zero attached hydrogens (tertiary/aromatic N) is 1. The van der Waals surface area contributed by atoms with Gasteiger partial charge in [0.1, 0.15) is 0 Å². The average Bonchev–Trinajstić information content (AvgIpc) is 2.86. The molecule has 0 aromatic heterocycles. The van der Waals surface area contributed by atoms with Crippen molar-refractivity contribution in [3.05, 3.63) is 77.4 Å². The van der Waals surface area contributed by atoms with Crippen LogP contribution in [0.4, 0.5) is 5.69 Å². The van der Waals surface area contributed by atoms with Crippen molar-refractivity contribution < 1.29 is 19.5 Å². The molecule has 1 heterocycles. The molecule has 0 radical (unpaired) electrons. The van der Waals surface area contributed by atoms with Crippen molar-refractivity contribution in [2.45, 2.75) is 44.6 Å². The smallest absolute Gasteiger partial charge is 0.305 e. The van der Waals surface area contributed by atoms with Gasteiger partial charge in [0.15, 0.2) is 0 Å². The van der Waals surface area contributed by atoms with Crippen molar-refractivity contribution >= 4 is 34.2 Å². The van der Waals surface area contributed by atoms with Crippen molar-refractivity contribution in [3.63, 3.8) is 0 Å². The van der Waals surface area contributed by atoms with Gasteiger partial charge in [-0.25, -0.2) is 0 Å². The average molecular weight is 457 g/mol. The van der Waals surface area contributed by atoms with Crippen LogP contribution in [-0.2, 0) is 16.1 Å². The molecule has 34 heavy (non-hydrogen) atoms. The maximum atomic E-state index is 13.6. The number of nitrogens with one attached hydrogen (secondary N) is 1. The number of aliphatic carboxylic acids is 1. The fraction of sp³-hybridized carbons (Fsp3) is 0.321. The Morgan fingerprint density at radius 3 is 2.50 bits per heavy atom. The zero-order valence-electron chi connectivity index (χ0n) is 19.0. The van der Waals surface area contributed by atoms with Crippen LogP contribution in [0, 0.1) is 5.92 Å². The van der Waals surface area contributed by atoms with Gasteiger partial charge in [0.2, 0.25) is 5.91 Å². The molecule has 2 aliphatic rings. The number of fused-ring (bicyclic) bond motifs is 5. The minimum Gasteiger partial charge on any atom is -0.481 e. The fourth-order valence-corrected chi connectivity index (χ4v) is 5.51. The van der Waals surface area contributed by atoms with Gasteiger partial charge in [0, 0.05) is 23.7 Å². The molecule has 1 fully saturated rings. The summed E-state index contributed by atoms with van der Waals surface area (Å²) in [5.41, 5.74) is 3.80. The molecule has 6 nitrogen and oxygen atoms in total. The summed E-state index contributed by atoms with van der Waals surface area (Å²) in [5, 5.41) is 13.5. The Hall–Kier alpha value is -3.67. The molecule has 5 rings (SSSR count). The van der Waals surface area contributed by atoms with Crippen LogP contribution in [0.15, 0.2) is 60.7 Å². The molecule has 3 aromatic carbocycles. The van der Waals surface area contributed by atoms with E-state index in [1.54, 1.807) is 6.07 Å². The summed E-state index contributed by atoms with van der Waals surface area (Å²) >= 11 is 0. The molecule has 0 saturated heterocycles. The molecular weight excluding hydrogens is 428 g/mol. The first kappa shape index (κ1) is 22.1. The number of carbonyl (C=O) groups is 3. The number of amides is 2. The van der Waals surface area contributed by atoms with E-state index in [2.05, 4.69) is 17.4 Å². The molecule has 3 aromatic rings. The van der Waals surface area contributed by atoms with Gasteiger partial charge >= 0.3 is 5.97 Å². The van der Waals surface area contributed by atoms with E-state index in [0.29, 0.717) is 12.1 Å². The second kappa shape index (κ2) is 9.29. The van der Waals surface area contributed by atoms with Crippen LogP contribution in [0.2, 0.25) is 0 Å². The predicted octanol–water partition coefficient (Wildman–Crippen LogP) is 4.86. The fourth-order valence-electron chi connectivity index (χ4n) is 5.51. The Morgan fingerprint density at radius 2 is 1.74 bits per heavy atom. The Kier molecular flexibility index (Phi) is 6.05. The van der Waals surface area contributed by atoms with E-state index in [4.69, 9.17) is 5.11 Å². The first-order valence-corrected chi connectivity index (χ1v) is 11.9. The first-order chi connectivity index (χ1) is 16.5. The Bertz CT molecular complexity index is 1250. The van der Waals surface area contributed by atoms with Crippen molar-refractivity contribution in [1.82, 2.24) is 5.32 Å². The van der Waals surface area contributed by atoms with E-state index in [1.807, 2.05) is 47.4 Å². The van der Waals surface area contributed by atoms with E-state index in [0.717, 1.165) is 47.7 Å². The van der Waals surface area contributed by atoms with E-state index in [1.165, 1.54) is 5.56 Å². The van der Waals surface area contributed by atoms with Gasteiger partial charge in [-0.2, -0.15) is 0 Å². The third-order valence-corrected chi connectivity index (χ3v) is 7.12. The minimum absolute atomic E-state index is 0.00504. The van der Waals surface area contributed by atoms with Crippen molar-refractivity contribution in [1.29, 1.82) is 0 Å². The number of carbonyl (C=O) groups excluding carboxylic acids is 2. The molecule has 0 unspecified atom stereocenters. The Morgan fingerprint density at radius 1 is 0.971 bits per heavy atom. The number of rotatable bonds is 6. The lowest BCUT2D eigenvalue weighted by atomic mass is 9.70. The van der Waals surface area contributed by atoms with Crippen molar-refractivity contribution in [2.75, 3.05) is 11.4 Å². The molecule has 0 spiro atoms. The molecule has 1 aliphatic carbocycles. The summed E-state index contributed by atoms with van der Waals surface area (Å²) in [7, 11) is 0. The molecule has 1 saturated carbocycles. The first-order valence-electron chi connectivity index (χ1n) is 11.9. The number of carboxylic acids is 1. The number of benzene rings is 3. The zero-order valence-corrected chi connectivity index (χ0v) is 19.0. The maximum absolute atomic E-state index is 13.6.